The Labute approximate surface area is 397 Å². The molecule has 6 aromatic carbocycles. The molecule has 5 heterocycles. The first-order valence-corrected chi connectivity index (χ1v) is 28.0. The van der Waals surface area contributed by atoms with Crippen LogP contribution >= 0.6 is 0 Å². The molecule has 1 radical (unpaired) electrons. The summed E-state index contributed by atoms with van der Waals surface area (Å²) in [7, 11) is 0. The zero-order chi connectivity index (χ0) is 49.5. The summed E-state index contributed by atoms with van der Waals surface area (Å²) in [6.07, 6.45) is 1.73. The van der Waals surface area contributed by atoms with Gasteiger partial charge in [-0.1, -0.05) is 71.6 Å². The number of halogens is 1. The van der Waals surface area contributed by atoms with E-state index >= 15 is 0 Å². The Morgan fingerprint density at radius 1 is 0.750 bits per heavy atom. The number of aromatic nitrogens is 4. The van der Waals surface area contributed by atoms with Gasteiger partial charge in [0.1, 0.15) is 11.2 Å². The molecule has 0 unspecified atom stereocenters. The Bertz CT molecular complexity index is 3820. The van der Waals surface area contributed by atoms with Crippen molar-refractivity contribution >= 4 is 72.7 Å². The molecule has 0 fully saturated rings. The molecular weight excluding hydrogens is 1030 g/mol. The van der Waals surface area contributed by atoms with Gasteiger partial charge in [-0.15, -0.1) is 18.2 Å². The number of nitrogens with zero attached hydrogens (tertiary/aromatic N) is 4. The van der Waals surface area contributed by atoms with E-state index in [-0.39, 0.29) is 42.6 Å². The zero-order valence-corrected chi connectivity index (χ0v) is 40.1. The predicted molar refractivity (Wildman–Crippen MR) is 258 cm³/mol. The largest absolute Gasteiger partial charge is 0.486 e. The molecule has 0 bridgehead atoms. The van der Waals surface area contributed by atoms with Crippen molar-refractivity contribution in [2.24, 2.45) is 0 Å². The molecule has 64 heavy (non-hydrogen) atoms. The standard InChI is InChI=1S/C37H22N3O2.C18H23FGeN.Ir/c1-22-18-19-26-25-13-9-14-28(34(25)42-37(26)38-22)36-39-29-15-6-7-16-30(29)40(36)31-21-20-24(23-10-3-2-4-11-23)35-33(31)27-12-5-8-17-32(27)41-35;1-12(2)15-10-17(21-11-16(15)20(4,5)6)14-9-7-8-13(3)18(14)19;/h2-13,15-21H,1H3;7-8,10-12H,1-6H3;/q2*-1;/i1D3;3D3,12D;. The average molecular weight is 1080 g/mol. The first kappa shape index (κ1) is 35.2. The van der Waals surface area contributed by atoms with Crippen molar-refractivity contribution in [3.8, 4) is 39.5 Å². The zero-order valence-electron chi connectivity index (χ0n) is 42.6. The van der Waals surface area contributed by atoms with Crippen LogP contribution in [-0.2, 0) is 20.1 Å². The number of furan rings is 2. The molecular formula is C55H45FGeIrN4O2-2. The SMILES string of the molecule is [2H]C([2H])([2H])c1cc[c-]c(-c2cc(C([2H])(C)C)[c]([Ge]([CH3])([CH3])[CH3])cn2)c1F.[2H]C([2H])([2H])c1ccc2c(n1)oc1c(-c3nc4ccccc4n3-c3ccc(-c4ccccc4)c4oc5ccccc5c34)[c-]ccc12.[Ir]. The fourth-order valence-corrected chi connectivity index (χ4v) is 11.7. The number of hydrogen-bond donors (Lipinski definition) is 0. The Morgan fingerprint density at radius 2 is 1.52 bits per heavy atom. The molecule has 0 atom stereocenters. The quantitative estimate of drug-likeness (QED) is 0.123. The number of aryl methyl sites for hydroxylation is 2. The van der Waals surface area contributed by atoms with Crippen molar-refractivity contribution < 1.29 is 42.9 Å². The van der Waals surface area contributed by atoms with Crippen LogP contribution in [-0.4, -0.2) is 32.8 Å². The maximum atomic E-state index is 14.8. The van der Waals surface area contributed by atoms with Gasteiger partial charge in [-0.2, -0.15) is 0 Å². The minimum atomic E-state index is -2.54. The minimum absolute atomic E-state index is 0. The fraction of sp³-hybridized carbons (Fsp3) is 0.145. The molecule has 11 aromatic rings. The van der Waals surface area contributed by atoms with Crippen LogP contribution in [0.15, 0.2) is 148 Å². The van der Waals surface area contributed by atoms with Crippen molar-refractivity contribution in [3.63, 3.8) is 0 Å². The number of hydrogen-bond acceptors (Lipinski definition) is 5. The van der Waals surface area contributed by atoms with Crippen molar-refractivity contribution in [1.82, 2.24) is 19.5 Å². The molecule has 9 heteroatoms. The number of pyridine rings is 2. The summed E-state index contributed by atoms with van der Waals surface area (Å²) in [6, 6.07) is 48.1. The minimum Gasteiger partial charge on any atom is -0.486 e. The summed E-state index contributed by atoms with van der Waals surface area (Å²) in [5.74, 6) is 5.60. The number of benzene rings is 6. The predicted octanol–water partition coefficient (Wildman–Crippen LogP) is 14.3. The Kier molecular flexibility index (Phi) is 9.39. The summed E-state index contributed by atoms with van der Waals surface area (Å²) in [6.45, 7) is -1.29. The van der Waals surface area contributed by atoms with E-state index in [9.17, 15) is 4.39 Å². The van der Waals surface area contributed by atoms with Gasteiger partial charge in [0.05, 0.1) is 33.5 Å². The van der Waals surface area contributed by atoms with E-state index in [1.807, 2.05) is 72.8 Å². The van der Waals surface area contributed by atoms with Gasteiger partial charge in [0.2, 0.25) is 5.71 Å². The summed E-state index contributed by atoms with van der Waals surface area (Å²) in [5, 5.41) is 3.50. The maximum absolute atomic E-state index is 14.8. The van der Waals surface area contributed by atoms with Crippen molar-refractivity contribution in [1.29, 1.82) is 0 Å². The van der Waals surface area contributed by atoms with Crippen LogP contribution in [0.2, 0.25) is 17.3 Å². The van der Waals surface area contributed by atoms with Crippen molar-refractivity contribution in [2.45, 2.75) is 50.7 Å². The van der Waals surface area contributed by atoms with E-state index in [1.165, 1.54) is 18.2 Å². The van der Waals surface area contributed by atoms with Gasteiger partial charge in [-0.25, -0.2) is 4.98 Å². The van der Waals surface area contributed by atoms with E-state index in [1.54, 1.807) is 32.2 Å². The fourth-order valence-electron chi connectivity index (χ4n) is 8.34. The monoisotopic (exact) mass is 1090 g/mol. The van der Waals surface area contributed by atoms with Crippen molar-refractivity contribution in [2.75, 3.05) is 0 Å². The molecule has 0 amide bonds. The maximum Gasteiger partial charge on any atom is 0.216 e. The number of imidazole rings is 1. The van der Waals surface area contributed by atoms with Gasteiger partial charge < -0.3 is 13.4 Å². The Hall–Kier alpha value is -6.19. The van der Waals surface area contributed by atoms with E-state index in [0.29, 0.717) is 22.7 Å². The molecule has 0 spiro atoms. The van der Waals surface area contributed by atoms with E-state index in [2.05, 4.69) is 74.3 Å². The molecule has 11 rings (SSSR count). The number of fused-ring (bicyclic) bond motifs is 7. The van der Waals surface area contributed by atoms with E-state index < -0.39 is 38.7 Å². The summed E-state index contributed by atoms with van der Waals surface area (Å²) < 4.78 is 85.2. The second-order valence-electron chi connectivity index (χ2n) is 16.8. The molecule has 0 aliphatic rings. The van der Waals surface area contributed by atoms with Gasteiger partial charge in [-0.05, 0) is 54.9 Å². The molecule has 5 aromatic heterocycles. The van der Waals surface area contributed by atoms with E-state index in [0.717, 1.165) is 70.5 Å². The first-order valence-electron chi connectivity index (χ1n) is 24.1. The van der Waals surface area contributed by atoms with Crippen LogP contribution in [0.5, 0.6) is 0 Å². The Morgan fingerprint density at radius 3 is 2.31 bits per heavy atom. The molecule has 0 N–H and O–H groups in total. The van der Waals surface area contributed by atoms with Crippen LogP contribution in [0, 0.1) is 31.7 Å². The third-order valence-corrected chi connectivity index (χ3v) is 15.6. The van der Waals surface area contributed by atoms with Crippen molar-refractivity contribution in [3.05, 3.63) is 174 Å². The molecule has 319 valence electrons. The van der Waals surface area contributed by atoms with Gasteiger partial charge in [0.25, 0.3) is 0 Å². The van der Waals surface area contributed by atoms with Crippen LogP contribution in [0.1, 0.15) is 46.2 Å². The van der Waals surface area contributed by atoms with Gasteiger partial charge >= 0.3 is 135 Å². The molecule has 0 saturated heterocycles. The summed E-state index contributed by atoms with van der Waals surface area (Å²) >= 11 is -2.28. The molecule has 0 saturated carbocycles. The van der Waals surface area contributed by atoms with Crippen LogP contribution in [0.25, 0.3) is 94.5 Å². The number of rotatable bonds is 6. The third-order valence-electron chi connectivity index (χ3n) is 11.4. The summed E-state index contributed by atoms with van der Waals surface area (Å²) in [5.41, 5.74) is 8.53. The van der Waals surface area contributed by atoms with Crippen LogP contribution in [0.3, 0.4) is 0 Å². The molecule has 0 aliphatic heterocycles. The van der Waals surface area contributed by atoms with Crippen LogP contribution in [0.4, 0.5) is 4.39 Å². The van der Waals surface area contributed by atoms with Gasteiger partial charge in [0, 0.05) is 46.2 Å². The first-order chi connectivity index (χ1) is 33.2. The third kappa shape index (κ3) is 7.57. The van der Waals surface area contributed by atoms with Gasteiger partial charge in [-0.3, -0.25) is 4.98 Å². The number of para-hydroxylation sites is 3. The normalized spacial score (nSPS) is 13.9. The smallest absolute Gasteiger partial charge is 0.216 e. The summed E-state index contributed by atoms with van der Waals surface area (Å²) in [4.78, 5) is 13.9. The second kappa shape index (κ2) is 17.1. The topological polar surface area (TPSA) is 69.9 Å². The van der Waals surface area contributed by atoms with Gasteiger partial charge in [0.15, 0.2) is 0 Å². The van der Waals surface area contributed by atoms with Crippen LogP contribution < -0.4 is 4.40 Å². The molecule has 6 nitrogen and oxygen atoms in total. The average Bonchev–Trinajstić information content (AvgIpc) is 4.02. The van der Waals surface area contributed by atoms with E-state index in [4.69, 9.17) is 23.4 Å². The molecule has 0 aliphatic carbocycles. The Balaban J connectivity index is 0.000000206. The second-order valence-corrected chi connectivity index (χ2v) is 27.3.